The molecule has 1 aromatic rings. The molecule has 6 heteroatoms. The molecule has 0 spiro atoms. The lowest BCUT2D eigenvalue weighted by atomic mass is 9.85. The maximum absolute atomic E-state index is 12.5. The Kier molecular flexibility index (Phi) is 6.67. The summed E-state index contributed by atoms with van der Waals surface area (Å²) >= 11 is 0. The third-order valence-corrected chi connectivity index (χ3v) is 4.76. The molecule has 2 rings (SSSR count). The molecule has 25 heavy (non-hydrogen) atoms. The van der Waals surface area contributed by atoms with Crippen LogP contribution < -0.4 is 15.5 Å². The number of piperazine rings is 1. The lowest BCUT2D eigenvalue weighted by Gasteiger charge is -2.35. The van der Waals surface area contributed by atoms with Crippen LogP contribution in [0.5, 0.6) is 0 Å². The summed E-state index contributed by atoms with van der Waals surface area (Å²) in [6.45, 7) is 10.2. The van der Waals surface area contributed by atoms with Crippen molar-refractivity contribution in [1.82, 2.24) is 10.2 Å². The van der Waals surface area contributed by atoms with Gasteiger partial charge in [0, 0.05) is 38.8 Å². The molecule has 0 saturated carbocycles. The SMILES string of the molecule is CN1CCN(c2ccccc2NC(=O)N[C@@H](CCO)C(C)(C)C)CC1. The summed E-state index contributed by atoms with van der Waals surface area (Å²) in [7, 11) is 2.13. The van der Waals surface area contributed by atoms with Crippen LogP contribution in [0.4, 0.5) is 16.2 Å². The number of rotatable bonds is 5. The Labute approximate surface area is 151 Å². The van der Waals surface area contributed by atoms with Crippen LogP contribution >= 0.6 is 0 Å². The van der Waals surface area contributed by atoms with Gasteiger partial charge in [0.25, 0.3) is 0 Å². The van der Waals surface area contributed by atoms with Crippen molar-refractivity contribution in [2.75, 3.05) is 50.1 Å². The van der Waals surface area contributed by atoms with Crippen molar-refractivity contribution in [2.24, 2.45) is 5.41 Å². The zero-order valence-electron chi connectivity index (χ0n) is 15.9. The van der Waals surface area contributed by atoms with Crippen molar-refractivity contribution >= 4 is 17.4 Å². The smallest absolute Gasteiger partial charge is 0.319 e. The molecule has 3 N–H and O–H groups in total. The number of anilines is 2. The molecule has 1 aliphatic rings. The summed E-state index contributed by atoms with van der Waals surface area (Å²) < 4.78 is 0. The lowest BCUT2D eigenvalue weighted by molar-refractivity contribution is 0.194. The number of hydrogen-bond acceptors (Lipinski definition) is 4. The van der Waals surface area contributed by atoms with E-state index in [9.17, 15) is 9.90 Å². The third kappa shape index (κ3) is 5.61. The summed E-state index contributed by atoms with van der Waals surface area (Å²) in [6.07, 6.45) is 0.539. The number of urea groups is 1. The van der Waals surface area contributed by atoms with Crippen LogP contribution in [-0.4, -0.2) is 61.9 Å². The fraction of sp³-hybridized carbons (Fsp3) is 0.632. The fourth-order valence-corrected chi connectivity index (χ4v) is 3.07. The number of carbonyl (C=O) groups excluding carboxylic acids is 1. The van der Waals surface area contributed by atoms with Crippen molar-refractivity contribution < 1.29 is 9.90 Å². The molecule has 0 unspecified atom stereocenters. The average Bonchev–Trinajstić information content (AvgIpc) is 2.55. The molecule has 0 radical (unpaired) electrons. The van der Waals surface area contributed by atoms with Gasteiger partial charge in [0.1, 0.15) is 0 Å². The molecule has 1 aromatic carbocycles. The predicted octanol–water partition coefficient (Wildman–Crippen LogP) is 2.36. The molecular formula is C19H32N4O2. The Morgan fingerprint density at radius 2 is 1.84 bits per heavy atom. The van der Waals surface area contributed by atoms with E-state index in [2.05, 4.69) is 54.3 Å². The second-order valence-electron chi connectivity index (χ2n) is 7.84. The molecule has 140 valence electrons. The standard InChI is InChI=1S/C19H32N4O2/c1-19(2,3)17(9-14-24)21-18(25)20-15-7-5-6-8-16(15)23-12-10-22(4)11-13-23/h5-8,17,24H,9-14H2,1-4H3,(H2,20,21,25)/t17-/m0/s1. The Balaban J connectivity index is 2.05. The summed E-state index contributed by atoms with van der Waals surface area (Å²) in [6, 6.07) is 7.61. The average molecular weight is 348 g/mol. The number of carbonyl (C=O) groups is 1. The van der Waals surface area contributed by atoms with Gasteiger partial charge in [-0.2, -0.15) is 0 Å². The van der Waals surface area contributed by atoms with Gasteiger partial charge in [0.05, 0.1) is 11.4 Å². The number of aliphatic hydroxyl groups is 1. The third-order valence-electron chi connectivity index (χ3n) is 4.76. The Morgan fingerprint density at radius 3 is 2.44 bits per heavy atom. The van der Waals surface area contributed by atoms with Crippen LogP contribution in [0.25, 0.3) is 0 Å². The van der Waals surface area contributed by atoms with E-state index in [-0.39, 0.29) is 24.1 Å². The molecular weight excluding hydrogens is 316 g/mol. The van der Waals surface area contributed by atoms with Crippen molar-refractivity contribution in [3.63, 3.8) is 0 Å². The summed E-state index contributed by atoms with van der Waals surface area (Å²) in [5, 5.41) is 15.3. The minimum absolute atomic E-state index is 0.0557. The monoisotopic (exact) mass is 348 g/mol. The lowest BCUT2D eigenvalue weighted by Crippen LogP contribution is -2.47. The van der Waals surface area contributed by atoms with E-state index in [0.29, 0.717) is 6.42 Å². The second kappa shape index (κ2) is 8.54. The van der Waals surface area contributed by atoms with E-state index in [1.165, 1.54) is 0 Å². The zero-order chi connectivity index (χ0) is 18.4. The van der Waals surface area contributed by atoms with Gasteiger partial charge < -0.3 is 25.5 Å². The largest absolute Gasteiger partial charge is 0.396 e. The number of para-hydroxylation sites is 2. The van der Waals surface area contributed by atoms with E-state index < -0.39 is 0 Å². The highest BCUT2D eigenvalue weighted by Crippen LogP contribution is 2.27. The highest BCUT2D eigenvalue weighted by atomic mass is 16.3. The Hall–Kier alpha value is -1.79. The maximum atomic E-state index is 12.5. The molecule has 1 atom stereocenters. The van der Waals surface area contributed by atoms with Crippen molar-refractivity contribution in [2.45, 2.75) is 33.2 Å². The van der Waals surface area contributed by atoms with Crippen LogP contribution in [0.15, 0.2) is 24.3 Å². The number of nitrogens with one attached hydrogen (secondary N) is 2. The van der Waals surface area contributed by atoms with Crippen LogP contribution in [0.1, 0.15) is 27.2 Å². The van der Waals surface area contributed by atoms with Crippen LogP contribution in [-0.2, 0) is 0 Å². The summed E-state index contributed by atoms with van der Waals surface area (Å²) in [4.78, 5) is 17.1. The van der Waals surface area contributed by atoms with Gasteiger partial charge >= 0.3 is 6.03 Å². The molecule has 0 aliphatic carbocycles. The van der Waals surface area contributed by atoms with Gasteiger partial charge in [-0.1, -0.05) is 32.9 Å². The molecule has 6 nitrogen and oxygen atoms in total. The van der Waals surface area contributed by atoms with Crippen molar-refractivity contribution in [3.8, 4) is 0 Å². The first-order valence-electron chi connectivity index (χ1n) is 9.02. The normalized spacial score (nSPS) is 17.2. The molecule has 2 amide bonds. The highest BCUT2D eigenvalue weighted by Gasteiger charge is 2.26. The molecule has 1 fully saturated rings. The van der Waals surface area contributed by atoms with Gasteiger partial charge in [0.2, 0.25) is 0 Å². The number of nitrogens with zero attached hydrogens (tertiary/aromatic N) is 2. The number of benzene rings is 1. The highest BCUT2D eigenvalue weighted by molar-refractivity contribution is 5.93. The van der Waals surface area contributed by atoms with Crippen LogP contribution in [0.3, 0.4) is 0 Å². The Morgan fingerprint density at radius 1 is 1.20 bits per heavy atom. The first-order valence-corrected chi connectivity index (χ1v) is 9.02. The molecule has 1 saturated heterocycles. The molecule has 1 heterocycles. The molecule has 0 bridgehead atoms. The Bertz CT molecular complexity index is 563. The van der Waals surface area contributed by atoms with E-state index in [1.54, 1.807) is 0 Å². The number of amides is 2. The topological polar surface area (TPSA) is 67.8 Å². The second-order valence-corrected chi connectivity index (χ2v) is 7.84. The van der Waals surface area contributed by atoms with Gasteiger partial charge in [-0.25, -0.2) is 4.79 Å². The number of aliphatic hydroxyl groups excluding tert-OH is 1. The zero-order valence-corrected chi connectivity index (χ0v) is 15.9. The van der Waals surface area contributed by atoms with Crippen molar-refractivity contribution in [1.29, 1.82) is 0 Å². The summed E-state index contributed by atoms with van der Waals surface area (Å²) in [5.41, 5.74) is 1.76. The van der Waals surface area contributed by atoms with Crippen LogP contribution in [0, 0.1) is 5.41 Å². The quantitative estimate of drug-likeness (QED) is 0.764. The van der Waals surface area contributed by atoms with Gasteiger partial charge in [-0.05, 0) is 31.0 Å². The summed E-state index contributed by atoms with van der Waals surface area (Å²) in [5.74, 6) is 0. The molecule has 1 aliphatic heterocycles. The van der Waals surface area contributed by atoms with Gasteiger partial charge in [0.15, 0.2) is 0 Å². The fourth-order valence-electron chi connectivity index (χ4n) is 3.07. The first-order chi connectivity index (χ1) is 11.8. The van der Waals surface area contributed by atoms with Gasteiger partial charge in [-0.3, -0.25) is 0 Å². The van der Waals surface area contributed by atoms with Gasteiger partial charge in [-0.15, -0.1) is 0 Å². The maximum Gasteiger partial charge on any atom is 0.319 e. The minimum Gasteiger partial charge on any atom is -0.396 e. The number of likely N-dealkylation sites (N-methyl/N-ethyl adjacent to an activating group) is 1. The molecule has 0 aromatic heterocycles. The van der Waals surface area contributed by atoms with E-state index in [1.807, 2.05) is 18.2 Å². The number of hydrogen-bond donors (Lipinski definition) is 3. The van der Waals surface area contributed by atoms with E-state index in [0.717, 1.165) is 37.6 Å². The minimum atomic E-state index is -0.227. The first kappa shape index (κ1) is 19.5. The predicted molar refractivity (Wildman–Crippen MR) is 103 cm³/mol. The van der Waals surface area contributed by atoms with Crippen molar-refractivity contribution in [3.05, 3.63) is 24.3 Å². The van der Waals surface area contributed by atoms with E-state index in [4.69, 9.17) is 0 Å². The van der Waals surface area contributed by atoms with Crippen LogP contribution in [0.2, 0.25) is 0 Å². The van der Waals surface area contributed by atoms with E-state index >= 15 is 0 Å².